The molecule has 0 spiro atoms. The van der Waals surface area contributed by atoms with Gasteiger partial charge in [-0.2, -0.15) is 0 Å². The maximum atomic E-state index is 12.2. The Kier molecular flexibility index (Phi) is 6.56. The third kappa shape index (κ3) is 4.93. The van der Waals surface area contributed by atoms with Gasteiger partial charge in [-0.15, -0.1) is 0 Å². The molecule has 1 atom stereocenters. The van der Waals surface area contributed by atoms with Crippen molar-refractivity contribution in [3.05, 3.63) is 32.4 Å². The summed E-state index contributed by atoms with van der Waals surface area (Å²) >= 11 is 8.17. The number of nitrogens with zero attached hydrogens (tertiary/aromatic N) is 1. The molecule has 0 aliphatic heterocycles. The van der Waals surface area contributed by atoms with E-state index in [1.54, 1.807) is 24.1 Å². The number of nitrogens with two attached hydrogens (primary N) is 1. The summed E-state index contributed by atoms with van der Waals surface area (Å²) in [6, 6.07) is 5.49. The largest absolute Gasteiger partial charge is 0.342 e. The average Bonchev–Trinajstić information content (AvgIpc) is 2.37. The fraction of sp³-hybridized carbons (Fsp3) is 0.500. The number of amides is 1. The highest BCUT2D eigenvalue weighted by molar-refractivity contribution is 14.1. The molecule has 0 aliphatic rings. The molecule has 2 N–H and O–H groups in total. The normalized spacial score (nSPS) is 12.6. The van der Waals surface area contributed by atoms with E-state index in [1.165, 1.54) is 0 Å². The molecule has 0 radical (unpaired) electrons. The van der Waals surface area contributed by atoms with E-state index in [1.807, 2.05) is 6.07 Å². The first-order chi connectivity index (χ1) is 8.82. The van der Waals surface area contributed by atoms with Crippen molar-refractivity contribution in [2.75, 3.05) is 13.6 Å². The van der Waals surface area contributed by atoms with Crippen molar-refractivity contribution in [1.82, 2.24) is 4.90 Å². The summed E-state index contributed by atoms with van der Waals surface area (Å²) in [6.45, 7) is 4.83. The second-order valence-electron chi connectivity index (χ2n) is 5.05. The van der Waals surface area contributed by atoms with Gasteiger partial charge < -0.3 is 10.6 Å². The van der Waals surface area contributed by atoms with E-state index in [4.69, 9.17) is 17.3 Å². The molecule has 1 aromatic rings. The number of halogens is 2. The molecule has 1 unspecified atom stereocenters. The molecule has 0 heterocycles. The minimum atomic E-state index is -0.0192. The van der Waals surface area contributed by atoms with Gasteiger partial charge in [0.1, 0.15) is 0 Å². The Labute approximate surface area is 133 Å². The molecule has 1 amide bonds. The monoisotopic (exact) mass is 394 g/mol. The van der Waals surface area contributed by atoms with Gasteiger partial charge in [-0.1, -0.05) is 25.4 Å². The van der Waals surface area contributed by atoms with Crippen LogP contribution >= 0.6 is 34.2 Å². The van der Waals surface area contributed by atoms with Crippen molar-refractivity contribution in [3.8, 4) is 0 Å². The van der Waals surface area contributed by atoms with Gasteiger partial charge in [-0.05, 0) is 53.1 Å². The first-order valence-electron chi connectivity index (χ1n) is 6.29. The quantitative estimate of drug-likeness (QED) is 0.778. The Balaban J connectivity index is 2.64. The summed E-state index contributed by atoms with van der Waals surface area (Å²) in [4.78, 5) is 13.9. The van der Waals surface area contributed by atoms with Crippen molar-refractivity contribution in [1.29, 1.82) is 0 Å². The van der Waals surface area contributed by atoms with Crippen LogP contribution in [0, 0.1) is 9.49 Å². The van der Waals surface area contributed by atoms with E-state index in [0.29, 0.717) is 23.0 Å². The fourth-order valence-electron chi connectivity index (χ4n) is 1.63. The van der Waals surface area contributed by atoms with Crippen LogP contribution in [-0.2, 0) is 0 Å². The van der Waals surface area contributed by atoms with Crippen molar-refractivity contribution in [3.63, 3.8) is 0 Å². The molecule has 5 heteroatoms. The Morgan fingerprint density at radius 2 is 2.11 bits per heavy atom. The summed E-state index contributed by atoms with van der Waals surface area (Å²) in [5.74, 6) is 0.408. The van der Waals surface area contributed by atoms with Crippen LogP contribution in [0.25, 0.3) is 0 Å². The van der Waals surface area contributed by atoms with Gasteiger partial charge in [-0.3, -0.25) is 4.79 Å². The minimum absolute atomic E-state index is 0.0192. The van der Waals surface area contributed by atoms with Crippen LogP contribution in [0.15, 0.2) is 18.2 Å². The molecule has 0 saturated carbocycles. The number of hydrogen-bond donors (Lipinski definition) is 1. The lowest BCUT2D eigenvalue weighted by atomic mass is 10.0. The minimum Gasteiger partial charge on any atom is -0.342 e. The highest BCUT2D eigenvalue weighted by Crippen LogP contribution is 2.20. The fourth-order valence-corrected chi connectivity index (χ4v) is 2.14. The SMILES string of the molecule is CC(C)C(N)CCN(C)C(=O)c1ccc(I)c(Cl)c1. The van der Waals surface area contributed by atoms with Crippen LogP contribution < -0.4 is 5.73 Å². The van der Waals surface area contributed by atoms with E-state index in [2.05, 4.69) is 36.4 Å². The molecular weight excluding hydrogens is 375 g/mol. The van der Waals surface area contributed by atoms with Gasteiger partial charge in [0.15, 0.2) is 0 Å². The Hall–Kier alpha value is -0.330. The average molecular weight is 395 g/mol. The lowest BCUT2D eigenvalue weighted by Gasteiger charge is -2.21. The molecule has 0 aliphatic carbocycles. The van der Waals surface area contributed by atoms with Crippen molar-refractivity contribution in [2.24, 2.45) is 11.7 Å². The zero-order valence-electron chi connectivity index (χ0n) is 11.5. The van der Waals surface area contributed by atoms with E-state index >= 15 is 0 Å². The number of hydrogen-bond acceptors (Lipinski definition) is 2. The molecule has 19 heavy (non-hydrogen) atoms. The predicted octanol–water partition coefficient (Wildman–Crippen LogP) is 3.39. The second-order valence-corrected chi connectivity index (χ2v) is 6.62. The van der Waals surface area contributed by atoms with E-state index in [0.717, 1.165) is 9.99 Å². The number of carbonyl (C=O) groups is 1. The van der Waals surface area contributed by atoms with E-state index < -0.39 is 0 Å². The standard InChI is InChI=1S/C14H20ClIN2O/c1-9(2)13(17)6-7-18(3)14(19)10-4-5-12(16)11(15)8-10/h4-5,8-9,13H,6-7,17H2,1-3H3. The predicted molar refractivity (Wildman–Crippen MR) is 88.6 cm³/mol. The van der Waals surface area contributed by atoms with Gasteiger partial charge in [-0.25, -0.2) is 0 Å². The number of carbonyl (C=O) groups excluding carboxylic acids is 1. The van der Waals surface area contributed by atoms with Crippen LogP contribution in [0.3, 0.4) is 0 Å². The summed E-state index contributed by atoms with van der Waals surface area (Å²) in [6.07, 6.45) is 0.804. The molecule has 0 bridgehead atoms. The maximum absolute atomic E-state index is 12.2. The molecule has 0 saturated heterocycles. The summed E-state index contributed by atoms with van der Waals surface area (Å²) in [5.41, 5.74) is 6.60. The van der Waals surface area contributed by atoms with Crippen LogP contribution in [0.5, 0.6) is 0 Å². The first kappa shape index (κ1) is 16.7. The van der Waals surface area contributed by atoms with E-state index in [9.17, 15) is 4.79 Å². The molecule has 0 fully saturated rings. The Morgan fingerprint density at radius 3 is 2.63 bits per heavy atom. The summed E-state index contributed by atoms with van der Waals surface area (Å²) in [7, 11) is 1.79. The van der Waals surface area contributed by atoms with Crippen LogP contribution in [0.2, 0.25) is 5.02 Å². The van der Waals surface area contributed by atoms with Gasteiger partial charge in [0.05, 0.1) is 5.02 Å². The molecule has 106 valence electrons. The Bertz CT molecular complexity index is 451. The molecule has 1 rings (SSSR count). The van der Waals surface area contributed by atoms with Crippen molar-refractivity contribution < 1.29 is 4.79 Å². The summed E-state index contributed by atoms with van der Waals surface area (Å²) < 4.78 is 0.945. The smallest absolute Gasteiger partial charge is 0.253 e. The lowest BCUT2D eigenvalue weighted by molar-refractivity contribution is 0.0789. The third-order valence-electron chi connectivity index (χ3n) is 3.17. The zero-order valence-corrected chi connectivity index (χ0v) is 14.4. The summed E-state index contributed by atoms with van der Waals surface area (Å²) in [5, 5.41) is 0.610. The van der Waals surface area contributed by atoms with Gasteiger partial charge >= 0.3 is 0 Å². The molecular formula is C14H20ClIN2O. The Morgan fingerprint density at radius 1 is 1.47 bits per heavy atom. The number of benzene rings is 1. The highest BCUT2D eigenvalue weighted by atomic mass is 127. The molecule has 3 nitrogen and oxygen atoms in total. The topological polar surface area (TPSA) is 46.3 Å². The van der Waals surface area contributed by atoms with E-state index in [-0.39, 0.29) is 11.9 Å². The number of rotatable bonds is 5. The van der Waals surface area contributed by atoms with Crippen molar-refractivity contribution in [2.45, 2.75) is 26.3 Å². The molecule has 0 aromatic heterocycles. The van der Waals surface area contributed by atoms with Gasteiger partial charge in [0.25, 0.3) is 5.91 Å². The molecule has 1 aromatic carbocycles. The van der Waals surface area contributed by atoms with Gasteiger partial charge in [0.2, 0.25) is 0 Å². The zero-order chi connectivity index (χ0) is 14.6. The van der Waals surface area contributed by atoms with Crippen LogP contribution in [0.4, 0.5) is 0 Å². The maximum Gasteiger partial charge on any atom is 0.253 e. The third-order valence-corrected chi connectivity index (χ3v) is 4.74. The highest BCUT2D eigenvalue weighted by Gasteiger charge is 2.15. The second kappa shape index (κ2) is 7.45. The lowest BCUT2D eigenvalue weighted by Crippen LogP contribution is -2.34. The van der Waals surface area contributed by atoms with Crippen LogP contribution in [0.1, 0.15) is 30.6 Å². The van der Waals surface area contributed by atoms with Crippen LogP contribution in [-0.4, -0.2) is 30.4 Å². The van der Waals surface area contributed by atoms with Gasteiger partial charge in [0, 0.05) is 28.8 Å². The van der Waals surface area contributed by atoms with Crippen molar-refractivity contribution >= 4 is 40.1 Å². The first-order valence-corrected chi connectivity index (χ1v) is 7.74.